The van der Waals surface area contributed by atoms with E-state index < -0.39 is 0 Å². The van der Waals surface area contributed by atoms with Gasteiger partial charge in [0.05, 0.1) is 12.2 Å². The Morgan fingerprint density at radius 1 is 1.00 bits per heavy atom. The molecule has 1 fully saturated rings. The third-order valence-electron chi connectivity index (χ3n) is 6.51. The lowest BCUT2D eigenvalue weighted by atomic mass is 9.96. The van der Waals surface area contributed by atoms with Crippen molar-refractivity contribution < 1.29 is 18.7 Å². The van der Waals surface area contributed by atoms with Crippen LogP contribution in [0.15, 0.2) is 71.1 Å². The summed E-state index contributed by atoms with van der Waals surface area (Å²) in [7, 11) is 0. The predicted octanol–water partition coefficient (Wildman–Crippen LogP) is 5.27. The van der Waals surface area contributed by atoms with E-state index in [1.54, 1.807) is 0 Å². The number of para-hydroxylation sites is 1. The number of benzene rings is 3. The minimum Gasteiger partial charge on any atom is -0.493 e. The van der Waals surface area contributed by atoms with Gasteiger partial charge >= 0.3 is 0 Å². The van der Waals surface area contributed by atoms with Crippen LogP contribution in [0.3, 0.4) is 0 Å². The molecule has 174 valence electrons. The lowest BCUT2D eigenvalue weighted by Gasteiger charge is -2.31. The van der Waals surface area contributed by atoms with Crippen molar-refractivity contribution in [2.75, 3.05) is 26.2 Å². The Kier molecular flexibility index (Phi) is 6.21. The fourth-order valence-corrected chi connectivity index (χ4v) is 4.67. The van der Waals surface area contributed by atoms with Gasteiger partial charge in [0.25, 0.3) is 11.8 Å². The molecule has 1 aliphatic heterocycles. The summed E-state index contributed by atoms with van der Waals surface area (Å²) in [5, 5.41) is 5.94. The first-order chi connectivity index (χ1) is 16.6. The second-order valence-corrected chi connectivity index (χ2v) is 8.69. The van der Waals surface area contributed by atoms with Crippen LogP contribution < -0.4 is 10.1 Å². The lowest BCUT2D eigenvalue weighted by molar-refractivity contribution is 0.0655. The second-order valence-electron chi connectivity index (χ2n) is 8.69. The molecule has 0 saturated carbocycles. The number of furan rings is 1. The van der Waals surface area contributed by atoms with Crippen LogP contribution in [0.2, 0.25) is 0 Å². The van der Waals surface area contributed by atoms with E-state index in [0.717, 1.165) is 34.6 Å². The monoisotopic (exact) mass is 456 g/mol. The Bertz CT molecular complexity index is 1300. The SMILES string of the molecule is CCOc1ccc2ccccc2c1C(=O)NCC1CCN(C(=O)c2cc3ccccc3o2)CC1. The lowest BCUT2D eigenvalue weighted by Crippen LogP contribution is -2.41. The predicted molar refractivity (Wildman–Crippen MR) is 132 cm³/mol. The van der Waals surface area contributed by atoms with Gasteiger partial charge in [0, 0.05) is 25.0 Å². The first kappa shape index (κ1) is 22.0. The van der Waals surface area contributed by atoms with Crippen LogP contribution in [0.4, 0.5) is 0 Å². The summed E-state index contributed by atoms with van der Waals surface area (Å²) in [6.07, 6.45) is 1.67. The van der Waals surface area contributed by atoms with E-state index in [9.17, 15) is 9.59 Å². The zero-order valence-electron chi connectivity index (χ0n) is 19.3. The molecule has 2 heterocycles. The number of carbonyl (C=O) groups excluding carboxylic acids is 2. The third-order valence-corrected chi connectivity index (χ3v) is 6.51. The number of amides is 2. The summed E-state index contributed by atoms with van der Waals surface area (Å²) in [6, 6.07) is 21.1. The fourth-order valence-electron chi connectivity index (χ4n) is 4.67. The summed E-state index contributed by atoms with van der Waals surface area (Å²) < 4.78 is 11.5. The zero-order chi connectivity index (χ0) is 23.5. The number of rotatable bonds is 6. The number of nitrogens with one attached hydrogen (secondary N) is 1. The molecule has 1 saturated heterocycles. The van der Waals surface area contributed by atoms with Crippen molar-refractivity contribution in [2.45, 2.75) is 19.8 Å². The summed E-state index contributed by atoms with van der Waals surface area (Å²) >= 11 is 0. The molecule has 6 nitrogen and oxygen atoms in total. The molecule has 0 spiro atoms. The highest BCUT2D eigenvalue weighted by atomic mass is 16.5. The molecule has 5 rings (SSSR count). The molecule has 6 heteroatoms. The van der Waals surface area contributed by atoms with Crippen molar-refractivity contribution in [3.05, 3.63) is 78.1 Å². The number of hydrogen-bond acceptors (Lipinski definition) is 4. The Hall–Kier alpha value is -3.80. The van der Waals surface area contributed by atoms with Crippen LogP contribution >= 0.6 is 0 Å². The molecule has 0 atom stereocenters. The van der Waals surface area contributed by atoms with Gasteiger partial charge in [0.15, 0.2) is 5.76 Å². The molecule has 0 unspecified atom stereocenters. The van der Waals surface area contributed by atoms with E-state index in [1.807, 2.05) is 78.6 Å². The highest BCUT2D eigenvalue weighted by Crippen LogP contribution is 2.29. The summed E-state index contributed by atoms with van der Waals surface area (Å²) in [4.78, 5) is 27.9. The number of likely N-dealkylation sites (tertiary alicyclic amines) is 1. The van der Waals surface area contributed by atoms with Gasteiger partial charge in [-0.05, 0) is 54.7 Å². The van der Waals surface area contributed by atoms with E-state index in [4.69, 9.17) is 9.15 Å². The molecular formula is C28H28N2O4. The van der Waals surface area contributed by atoms with Crippen molar-refractivity contribution in [2.24, 2.45) is 5.92 Å². The second kappa shape index (κ2) is 9.59. The van der Waals surface area contributed by atoms with E-state index >= 15 is 0 Å². The molecule has 34 heavy (non-hydrogen) atoms. The van der Waals surface area contributed by atoms with Crippen molar-refractivity contribution in [3.63, 3.8) is 0 Å². The number of nitrogens with zero attached hydrogens (tertiary/aromatic N) is 1. The van der Waals surface area contributed by atoms with E-state index in [-0.39, 0.29) is 11.8 Å². The highest BCUT2D eigenvalue weighted by molar-refractivity contribution is 6.09. The van der Waals surface area contributed by atoms with Crippen LogP contribution in [-0.4, -0.2) is 43.0 Å². The standard InChI is InChI=1S/C28H28N2O4/c1-2-33-24-12-11-20-7-3-5-9-22(20)26(24)27(31)29-18-19-13-15-30(16-14-19)28(32)25-17-21-8-4-6-10-23(21)34-25/h3-12,17,19H,2,13-16,18H2,1H3,(H,29,31). The number of carbonyl (C=O) groups is 2. The van der Waals surface area contributed by atoms with Crippen molar-refractivity contribution in [1.82, 2.24) is 10.2 Å². The molecule has 3 aromatic carbocycles. The van der Waals surface area contributed by atoms with Crippen LogP contribution in [0.5, 0.6) is 5.75 Å². The van der Waals surface area contributed by atoms with Gasteiger partial charge < -0.3 is 19.4 Å². The maximum absolute atomic E-state index is 13.2. The maximum atomic E-state index is 13.2. The number of ether oxygens (including phenoxy) is 1. The first-order valence-corrected chi connectivity index (χ1v) is 11.8. The number of hydrogen-bond donors (Lipinski definition) is 1. The summed E-state index contributed by atoms with van der Waals surface area (Å²) in [6.45, 7) is 4.28. The quantitative estimate of drug-likeness (QED) is 0.429. The van der Waals surface area contributed by atoms with Crippen molar-refractivity contribution >= 4 is 33.6 Å². The van der Waals surface area contributed by atoms with Crippen LogP contribution in [0, 0.1) is 5.92 Å². The molecule has 4 aromatic rings. The fraction of sp³-hybridized carbons (Fsp3) is 0.286. The minimum absolute atomic E-state index is 0.0733. The topological polar surface area (TPSA) is 71.8 Å². The Morgan fingerprint density at radius 2 is 1.74 bits per heavy atom. The minimum atomic E-state index is -0.124. The molecule has 0 bridgehead atoms. The number of piperidine rings is 1. The average Bonchev–Trinajstić information content (AvgIpc) is 3.31. The van der Waals surface area contributed by atoms with Gasteiger partial charge in [-0.25, -0.2) is 0 Å². The Labute approximate surface area is 198 Å². The molecule has 0 aliphatic carbocycles. The molecular weight excluding hydrogens is 428 g/mol. The first-order valence-electron chi connectivity index (χ1n) is 11.8. The molecule has 2 amide bonds. The zero-order valence-corrected chi connectivity index (χ0v) is 19.3. The summed E-state index contributed by atoms with van der Waals surface area (Å²) in [5.74, 6) is 1.10. The van der Waals surface area contributed by atoms with Crippen LogP contribution in [0.25, 0.3) is 21.7 Å². The normalized spacial score (nSPS) is 14.4. The summed E-state index contributed by atoms with van der Waals surface area (Å²) in [5.41, 5.74) is 1.31. The largest absolute Gasteiger partial charge is 0.493 e. The van der Waals surface area contributed by atoms with Gasteiger partial charge in [-0.2, -0.15) is 0 Å². The van der Waals surface area contributed by atoms with Crippen LogP contribution in [0.1, 0.15) is 40.7 Å². The van der Waals surface area contributed by atoms with Gasteiger partial charge in [-0.1, -0.05) is 48.5 Å². The molecule has 0 radical (unpaired) electrons. The van der Waals surface area contributed by atoms with E-state index in [0.29, 0.717) is 49.2 Å². The smallest absolute Gasteiger partial charge is 0.289 e. The van der Waals surface area contributed by atoms with Crippen LogP contribution in [-0.2, 0) is 0 Å². The third kappa shape index (κ3) is 4.36. The van der Waals surface area contributed by atoms with Gasteiger partial charge in [0.2, 0.25) is 0 Å². The van der Waals surface area contributed by atoms with Gasteiger partial charge in [-0.3, -0.25) is 9.59 Å². The van der Waals surface area contributed by atoms with Crippen molar-refractivity contribution in [1.29, 1.82) is 0 Å². The molecule has 1 aliphatic rings. The average molecular weight is 457 g/mol. The maximum Gasteiger partial charge on any atom is 0.289 e. The molecule has 1 aromatic heterocycles. The van der Waals surface area contributed by atoms with E-state index in [2.05, 4.69) is 5.32 Å². The van der Waals surface area contributed by atoms with Crippen molar-refractivity contribution in [3.8, 4) is 5.75 Å². The van der Waals surface area contributed by atoms with Gasteiger partial charge in [0.1, 0.15) is 11.3 Å². The highest BCUT2D eigenvalue weighted by Gasteiger charge is 2.26. The Morgan fingerprint density at radius 3 is 2.50 bits per heavy atom. The van der Waals surface area contributed by atoms with E-state index in [1.165, 1.54) is 0 Å². The van der Waals surface area contributed by atoms with Gasteiger partial charge in [-0.15, -0.1) is 0 Å². The Balaban J connectivity index is 1.21. The number of fused-ring (bicyclic) bond motifs is 2. The molecule has 1 N–H and O–H groups in total.